The van der Waals surface area contributed by atoms with Crippen LogP contribution in [0.4, 0.5) is 5.69 Å². The maximum Gasteiger partial charge on any atom is 0.270 e. The van der Waals surface area contributed by atoms with E-state index in [-0.39, 0.29) is 18.1 Å². The number of non-ortho nitro benzene ring substituents is 1. The first-order chi connectivity index (χ1) is 12.2. The topological polar surface area (TPSA) is 99.1 Å². The van der Waals surface area contributed by atoms with Gasteiger partial charge in [-0.2, -0.15) is 0 Å². The lowest BCUT2D eigenvalue weighted by atomic mass is 10.0. The Bertz CT molecular complexity index is 999. The number of fused-ring (bicyclic) bond motifs is 3. The van der Waals surface area contributed by atoms with Crippen LogP contribution in [0.5, 0.6) is 0 Å². The minimum Gasteiger partial charge on any atom is -0.280 e. The molecule has 1 aliphatic heterocycles. The number of aliphatic imine (C=N–C) groups is 1. The van der Waals surface area contributed by atoms with Crippen molar-refractivity contribution in [3.05, 3.63) is 75.6 Å². The first kappa shape index (κ1) is 15.4. The predicted octanol–water partition coefficient (Wildman–Crippen LogP) is 2.66. The Morgan fingerprint density at radius 1 is 1.24 bits per heavy atom. The molecule has 0 saturated carbocycles. The van der Waals surface area contributed by atoms with Crippen LogP contribution in [0, 0.1) is 10.1 Å². The molecule has 8 nitrogen and oxygen atoms in total. The summed E-state index contributed by atoms with van der Waals surface area (Å²) in [5, 5.41) is 19.4. The minimum atomic E-state index is -0.434. The Morgan fingerprint density at radius 3 is 2.84 bits per heavy atom. The molecule has 124 valence electrons. The third kappa shape index (κ3) is 2.56. The van der Waals surface area contributed by atoms with Crippen molar-refractivity contribution in [1.82, 2.24) is 19.7 Å². The second kappa shape index (κ2) is 6.06. The fourth-order valence-corrected chi connectivity index (χ4v) is 2.97. The lowest BCUT2D eigenvalue weighted by Gasteiger charge is -2.12. The van der Waals surface area contributed by atoms with Gasteiger partial charge in [-0.1, -0.05) is 6.07 Å². The Hall–Kier alpha value is -3.13. The summed E-state index contributed by atoms with van der Waals surface area (Å²) < 4.78 is 1.80. The van der Waals surface area contributed by atoms with E-state index in [0.29, 0.717) is 34.3 Å². The molecule has 0 bridgehead atoms. The summed E-state index contributed by atoms with van der Waals surface area (Å²) in [6, 6.07) is 10.1. The van der Waals surface area contributed by atoms with Crippen LogP contribution in [0.3, 0.4) is 0 Å². The molecule has 2 aromatic heterocycles. The van der Waals surface area contributed by atoms with Crippen LogP contribution in [0.15, 0.2) is 47.6 Å². The molecule has 1 aromatic carbocycles. The number of pyridine rings is 1. The lowest BCUT2D eigenvalue weighted by Crippen LogP contribution is -2.10. The van der Waals surface area contributed by atoms with Crippen LogP contribution < -0.4 is 0 Å². The van der Waals surface area contributed by atoms with Gasteiger partial charge in [-0.25, -0.2) is 0 Å². The molecule has 4 rings (SSSR count). The van der Waals surface area contributed by atoms with Crippen LogP contribution >= 0.6 is 11.6 Å². The van der Waals surface area contributed by atoms with Gasteiger partial charge in [-0.15, -0.1) is 21.8 Å². The molecule has 3 aromatic rings. The molecule has 0 spiro atoms. The van der Waals surface area contributed by atoms with Crippen molar-refractivity contribution in [3.63, 3.8) is 0 Å². The smallest absolute Gasteiger partial charge is 0.270 e. The van der Waals surface area contributed by atoms with E-state index in [1.807, 2.05) is 12.1 Å². The Morgan fingerprint density at radius 2 is 2.12 bits per heavy atom. The summed E-state index contributed by atoms with van der Waals surface area (Å²) >= 11 is 5.98. The molecule has 25 heavy (non-hydrogen) atoms. The van der Waals surface area contributed by atoms with Gasteiger partial charge in [0.1, 0.15) is 6.54 Å². The summed E-state index contributed by atoms with van der Waals surface area (Å²) in [4.78, 5) is 19.7. The van der Waals surface area contributed by atoms with Crippen LogP contribution in [0.25, 0.3) is 5.69 Å². The third-order valence-corrected chi connectivity index (χ3v) is 4.13. The Labute approximate surface area is 147 Å². The van der Waals surface area contributed by atoms with E-state index < -0.39 is 4.92 Å². The van der Waals surface area contributed by atoms with Crippen molar-refractivity contribution >= 4 is 23.0 Å². The average molecular weight is 355 g/mol. The summed E-state index contributed by atoms with van der Waals surface area (Å²) in [7, 11) is 0. The standard InChI is InChI=1S/C16H11ClN6O2/c17-8-14-20-21-15-9-19-16(12-3-1-2-6-18-12)11-7-10(23(24)25)4-5-13(11)22(14)15/h1-7H,8-9H2. The highest BCUT2D eigenvalue weighted by Crippen LogP contribution is 2.28. The summed E-state index contributed by atoms with van der Waals surface area (Å²) in [5.74, 6) is 1.35. The second-order valence-corrected chi connectivity index (χ2v) is 5.61. The van der Waals surface area contributed by atoms with Crippen LogP contribution in [0.2, 0.25) is 0 Å². The van der Waals surface area contributed by atoms with E-state index in [0.717, 1.165) is 0 Å². The number of hydrogen-bond acceptors (Lipinski definition) is 6. The van der Waals surface area contributed by atoms with E-state index in [1.54, 1.807) is 22.9 Å². The maximum absolute atomic E-state index is 11.2. The quantitative estimate of drug-likeness (QED) is 0.409. The fourth-order valence-electron chi connectivity index (χ4n) is 2.80. The normalized spacial score (nSPS) is 12.8. The van der Waals surface area contributed by atoms with Gasteiger partial charge in [-0.3, -0.25) is 24.7 Å². The van der Waals surface area contributed by atoms with Crippen molar-refractivity contribution in [2.24, 2.45) is 4.99 Å². The molecule has 0 fully saturated rings. The molecule has 0 N–H and O–H groups in total. The van der Waals surface area contributed by atoms with Gasteiger partial charge < -0.3 is 0 Å². The van der Waals surface area contributed by atoms with Gasteiger partial charge in [0.05, 0.1) is 27.9 Å². The van der Waals surface area contributed by atoms with Crippen LogP contribution in [-0.4, -0.2) is 30.4 Å². The molecule has 0 saturated heterocycles. The molecule has 0 atom stereocenters. The van der Waals surface area contributed by atoms with Crippen LogP contribution in [-0.2, 0) is 12.4 Å². The summed E-state index contributed by atoms with van der Waals surface area (Å²) in [6.07, 6.45) is 1.66. The Balaban J connectivity index is 2.01. The largest absolute Gasteiger partial charge is 0.280 e. The third-order valence-electron chi connectivity index (χ3n) is 3.89. The van der Waals surface area contributed by atoms with Gasteiger partial charge >= 0.3 is 0 Å². The molecular weight excluding hydrogens is 344 g/mol. The molecule has 0 aliphatic carbocycles. The average Bonchev–Trinajstić information content (AvgIpc) is 2.98. The monoisotopic (exact) mass is 354 g/mol. The Kier molecular flexibility index (Phi) is 3.73. The zero-order valence-electron chi connectivity index (χ0n) is 12.8. The van der Waals surface area contributed by atoms with Crippen molar-refractivity contribution in [2.75, 3.05) is 0 Å². The number of benzene rings is 1. The highest BCUT2D eigenvalue weighted by atomic mass is 35.5. The van der Waals surface area contributed by atoms with Gasteiger partial charge in [0.25, 0.3) is 5.69 Å². The zero-order chi connectivity index (χ0) is 17.4. The van der Waals surface area contributed by atoms with Crippen molar-refractivity contribution in [3.8, 4) is 5.69 Å². The van der Waals surface area contributed by atoms with E-state index in [4.69, 9.17) is 11.6 Å². The van der Waals surface area contributed by atoms with Crippen LogP contribution in [0.1, 0.15) is 22.9 Å². The van der Waals surface area contributed by atoms with E-state index in [2.05, 4.69) is 20.2 Å². The number of halogens is 1. The molecule has 9 heteroatoms. The van der Waals surface area contributed by atoms with E-state index in [1.165, 1.54) is 12.1 Å². The van der Waals surface area contributed by atoms with Crippen molar-refractivity contribution < 1.29 is 4.92 Å². The van der Waals surface area contributed by atoms with Gasteiger partial charge in [0, 0.05) is 23.9 Å². The van der Waals surface area contributed by atoms with Crippen molar-refractivity contribution in [2.45, 2.75) is 12.4 Å². The molecule has 1 aliphatic rings. The molecule has 3 heterocycles. The molecule has 0 amide bonds. The predicted molar refractivity (Wildman–Crippen MR) is 91.2 cm³/mol. The fraction of sp³-hybridized carbons (Fsp3) is 0.125. The highest BCUT2D eigenvalue weighted by molar-refractivity contribution is 6.17. The van der Waals surface area contributed by atoms with Gasteiger partial charge in [0.15, 0.2) is 11.6 Å². The molecular formula is C16H11ClN6O2. The van der Waals surface area contributed by atoms with Gasteiger partial charge in [0.2, 0.25) is 0 Å². The first-order valence-corrected chi connectivity index (χ1v) is 7.96. The minimum absolute atomic E-state index is 0.0219. The van der Waals surface area contributed by atoms with E-state index >= 15 is 0 Å². The zero-order valence-corrected chi connectivity index (χ0v) is 13.6. The SMILES string of the molecule is O=[N+]([O-])c1ccc2c(c1)C(c1ccccn1)=NCc1nnc(CCl)n1-2. The second-order valence-electron chi connectivity index (χ2n) is 5.34. The lowest BCUT2D eigenvalue weighted by molar-refractivity contribution is -0.384. The molecule has 0 unspecified atom stereocenters. The number of rotatable bonds is 3. The summed E-state index contributed by atoms with van der Waals surface area (Å²) in [6.45, 7) is 0.276. The number of hydrogen-bond donors (Lipinski definition) is 0. The highest BCUT2D eigenvalue weighted by Gasteiger charge is 2.25. The summed E-state index contributed by atoms with van der Waals surface area (Å²) in [5.41, 5.74) is 2.48. The number of aromatic nitrogens is 4. The molecule has 0 radical (unpaired) electrons. The number of nitro benzene ring substituents is 1. The number of nitro groups is 1. The van der Waals surface area contributed by atoms with E-state index in [9.17, 15) is 10.1 Å². The number of alkyl halides is 1. The number of nitrogens with zero attached hydrogens (tertiary/aromatic N) is 6. The maximum atomic E-state index is 11.2. The van der Waals surface area contributed by atoms with Crippen molar-refractivity contribution in [1.29, 1.82) is 0 Å². The first-order valence-electron chi connectivity index (χ1n) is 7.43. The van der Waals surface area contributed by atoms with Gasteiger partial charge in [-0.05, 0) is 18.2 Å².